The highest BCUT2D eigenvalue weighted by atomic mass is 79.9. The van der Waals surface area contributed by atoms with Crippen LogP contribution in [0.4, 0.5) is 8.78 Å². The fourth-order valence-electron chi connectivity index (χ4n) is 1.11. The van der Waals surface area contributed by atoms with Gasteiger partial charge < -0.3 is 4.74 Å². The van der Waals surface area contributed by atoms with Crippen molar-refractivity contribution in [3.63, 3.8) is 0 Å². The second-order valence-corrected chi connectivity index (χ2v) is 3.90. The number of ether oxygens (including phenoxy) is 1. The van der Waals surface area contributed by atoms with Crippen molar-refractivity contribution in [1.82, 2.24) is 4.98 Å². The van der Waals surface area contributed by atoms with Gasteiger partial charge in [-0.1, -0.05) is 15.9 Å². The highest BCUT2D eigenvalue weighted by molar-refractivity contribution is 9.10. The summed E-state index contributed by atoms with van der Waals surface area (Å²) in [6.45, 7) is 0. The molecule has 0 fully saturated rings. The maximum absolute atomic E-state index is 12.6. The van der Waals surface area contributed by atoms with Gasteiger partial charge in [-0.05, 0) is 6.07 Å². The fraction of sp³-hybridized carbons (Fsp3) is 0.333. The minimum atomic E-state index is -2.71. The number of esters is 1. The van der Waals surface area contributed by atoms with Crippen molar-refractivity contribution in [1.29, 1.82) is 0 Å². The molecule has 1 rings (SSSR count). The van der Waals surface area contributed by atoms with Gasteiger partial charge >= 0.3 is 5.97 Å². The first-order valence-electron chi connectivity index (χ1n) is 4.13. The predicted molar refractivity (Wildman–Crippen MR) is 57.8 cm³/mol. The maximum Gasteiger partial charge on any atom is 0.356 e. The number of nitrogens with zero attached hydrogens (tertiary/aromatic N) is 1. The molecule has 0 radical (unpaired) electrons. The highest BCUT2D eigenvalue weighted by Crippen LogP contribution is 2.31. The van der Waals surface area contributed by atoms with Crippen LogP contribution in [0.25, 0.3) is 0 Å². The molecule has 0 saturated heterocycles. The SMILES string of the molecule is COC(=O)c1cc(Br)c(C(F)F)c(CCl)n1. The quantitative estimate of drug-likeness (QED) is 0.635. The summed E-state index contributed by atoms with van der Waals surface area (Å²) in [6, 6.07) is 1.18. The molecular formula is C9H7BrClF2NO2. The Morgan fingerprint density at radius 1 is 1.69 bits per heavy atom. The van der Waals surface area contributed by atoms with Crippen LogP contribution >= 0.6 is 27.5 Å². The molecule has 0 spiro atoms. The molecule has 3 nitrogen and oxygen atoms in total. The van der Waals surface area contributed by atoms with Crippen molar-refractivity contribution in [2.24, 2.45) is 0 Å². The Morgan fingerprint density at radius 3 is 2.75 bits per heavy atom. The number of hydrogen-bond acceptors (Lipinski definition) is 3. The van der Waals surface area contributed by atoms with Crippen molar-refractivity contribution >= 4 is 33.5 Å². The number of methoxy groups -OCH3 is 1. The molecule has 0 saturated carbocycles. The lowest BCUT2D eigenvalue weighted by Gasteiger charge is -2.09. The molecule has 0 bridgehead atoms. The van der Waals surface area contributed by atoms with Gasteiger partial charge in [0.1, 0.15) is 5.69 Å². The summed E-state index contributed by atoms with van der Waals surface area (Å²) in [6.07, 6.45) is -2.71. The topological polar surface area (TPSA) is 39.2 Å². The van der Waals surface area contributed by atoms with E-state index < -0.39 is 12.4 Å². The molecular weight excluding hydrogens is 307 g/mol. The van der Waals surface area contributed by atoms with E-state index in [1.165, 1.54) is 13.2 Å². The van der Waals surface area contributed by atoms with E-state index in [0.717, 1.165) is 0 Å². The second kappa shape index (κ2) is 5.54. The minimum absolute atomic E-state index is 0.0357. The first-order valence-corrected chi connectivity index (χ1v) is 5.45. The van der Waals surface area contributed by atoms with Gasteiger partial charge in [0.15, 0.2) is 0 Å². The van der Waals surface area contributed by atoms with Crippen LogP contribution in [0.2, 0.25) is 0 Å². The molecule has 16 heavy (non-hydrogen) atoms. The van der Waals surface area contributed by atoms with Gasteiger partial charge in [-0.25, -0.2) is 18.6 Å². The summed E-state index contributed by atoms with van der Waals surface area (Å²) in [5, 5.41) is 0. The van der Waals surface area contributed by atoms with Crippen molar-refractivity contribution in [3.8, 4) is 0 Å². The molecule has 88 valence electrons. The zero-order chi connectivity index (χ0) is 12.3. The van der Waals surface area contributed by atoms with Gasteiger partial charge in [-0.15, -0.1) is 11.6 Å². The zero-order valence-corrected chi connectivity index (χ0v) is 10.5. The third-order valence-electron chi connectivity index (χ3n) is 1.83. The molecule has 0 N–H and O–H groups in total. The Kier molecular flexibility index (Phi) is 4.61. The molecule has 0 aliphatic carbocycles. The van der Waals surface area contributed by atoms with E-state index in [0.29, 0.717) is 0 Å². The van der Waals surface area contributed by atoms with Gasteiger partial charge in [0.25, 0.3) is 6.43 Å². The van der Waals surface area contributed by atoms with Crippen LogP contribution in [0, 0.1) is 0 Å². The number of alkyl halides is 3. The monoisotopic (exact) mass is 313 g/mol. The smallest absolute Gasteiger partial charge is 0.356 e. The summed E-state index contributed by atoms with van der Waals surface area (Å²) in [5.74, 6) is -0.906. The Balaban J connectivity index is 3.32. The average Bonchev–Trinajstić information content (AvgIpc) is 2.26. The second-order valence-electron chi connectivity index (χ2n) is 2.78. The number of carbonyl (C=O) groups excluding carboxylic acids is 1. The lowest BCUT2D eigenvalue weighted by atomic mass is 10.2. The molecule has 0 amide bonds. The molecule has 1 aromatic rings. The zero-order valence-electron chi connectivity index (χ0n) is 8.14. The number of rotatable bonds is 3. The van der Waals surface area contributed by atoms with Gasteiger partial charge in [0.05, 0.1) is 24.2 Å². The highest BCUT2D eigenvalue weighted by Gasteiger charge is 2.21. The number of halogens is 4. The minimum Gasteiger partial charge on any atom is -0.464 e. The van der Waals surface area contributed by atoms with E-state index in [4.69, 9.17) is 11.6 Å². The summed E-state index contributed by atoms with van der Waals surface area (Å²) in [7, 11) is 1.18. The summed E-state index contributed by atoms with van der Waals surface area (Å²) >= 11 is 8.45. The van der Waals surface area contributed by atoms with Crippen molar-refractivity contribution in [2.45, 2.75) is 12.3 Å². The van der Waals surface area contributed by atoms with Gasteiger partial charge in [0.2, 0.25) is 0 Å². The molecule has 0 aliphatic rings. The Morgan fingerprint density at radius 2 is 2.31 bits per heavy atom. The standard InChI is InChI=1S/C9H7BrClF2NO2/c1-16-9(15)5-2-4(10)7(8(12)13)6(3-11)14-5/h2,8H,3H2,1H3. The first kappa shape index (κ1) is 13.3. The normalized spacial score (nSPS) is 10.6. The van der Waals surface area contributed by atoms with Crippen LogP contribution in [0.5, 0.6) is 0 Å². The van der Waals surface area contributed by atoms with E-state index in [1.807, 2.05) is 0 Å². The number of carbonyl (C=O) groups is 1. The number of pyridine rings is 1. The van der Waals surface area contributed by atoms with Crippen LogP contribution < -0.4 is 0 Å². The van der Waals surface area contributed by atoms with Crippen LogP contribution in [0.1, 0.15) is 28.2 Å². The third kappa shape index (κ3) is 2.68. The average molecular weight is 315 g/mol. The molecule has 0 unspecified atom stereocenters. The van der Waals surface area contributed by atoms with Crippen LogP contribution in [-0.2, 0) is 10.6 Å². The van der Waals surface area contributed by atoms with E-state index in [9.17, 15) is 13.6 Å². The lowest BCUT2D eigenvalue weighted by molar-refractivity contribution is 0.0593. The molecule has 0 aliphatic heterocycles. The van der Waals surface area contributed by atoms with Crippen molar-refractivity contribution in [2.75, 3.05) is 7.11 Å². The molecule has 7 heteroatoms. The largest absolute Gasteiger partial charge is 0.464 e. The van der Waals surface area contributed by atoms with Gasteiger partial charge in [-0.3, -0.25) is 0 Å². The molecule has 0 atom stereocenters. The van der Waals surface area contributed by atoms with E-state index in [2.05, 4.69) is 25.7 Å². The summed E-state index contributed by atoms with van der Waals surface area (Å²) in [5.41, 5.74) is -0.400. The lowest BCUT2D eigenvalue weighted by Crippen LogP contribution is -2.08. The van der Waals surface area contributed by atoms with Gasteiger partial charge in [0, 0.05) is 4.47 Å². The molecule has 0 aromatic carbocycles. The fourth-order valence-corrected chi connectivity index (χ4v) is 1.94. The molecule has 1 aromatic heterocycles. The summed E-state index contributed by atoms with van der Waals surface area (Å²) in [4.78, 5) is 14.9. The van der Waals surface area contributed by atoms with Gasteiger partial charge in [-0.2, -0.15) is 0 Å². The van der Waals surface area contributed by atoms with Crippen LogP contribution in [0.3, 0.4) is 0 Å². The first-order chi connectivity index (χ1) is 7.51. The van der Waals surface area contributed by atoms with E-state index in [1.54, 1.807) is 0 Å². The van der Waals surface area contributed by atoms with Crippen molar-refractivity contribution in [3.05, 3.63) is 27.5 Å². The third-order valence-corrected chi connectivity index (χ3v) is 2.74. The van der Waals surface area contributed by atoms with E-state index >= 15 is 0 Å². The Labute approximate surface area is 104 Å². The maximum atomic E-state index is 12.6. The Hall–Kier alpha value is -0.750. The van der Waals surface area contributed by atoms with Crippen LogP contribution in [-0.4, -0.2) is 18.1 Å². The molecule has 1 heterocycles. The summed E-state index contributed by atoms with van der Waals surface area (Å²) < 4.78 is 29.8. The van der Waals surface area contributed by atoms with Crippen molar-refractivity contribution < 1.29 is 18.3 Å². The Bertz CT molecular complexity index is 415. The number of aromatic nitrogens is 1. The van der Waals surface area contributed by atoms with E-state index in [-0.39, 0.29) is 27.3 Å². The van der Waals surface area contributed by atoms with Crippen LogP contribution in [0.15, 0.2) is 10.5 Å². The predicted octanol–water partition coefficient (Wildman–Crippen LogP) is 3.31. The number of hydrogen-bond donors (Lipinski definition) is 0.